The SMILES string of the molecule is O=C(c1ccc(I)cc1)c1cc2c(s1)CCCC2. The molecule has 0 saturated heterocycles. The Bertz CT molecular complexity index is 560. The third-order valence-electron chi connectivity index (χ3n) is 3.33. The maximum atomic E-state index is 12.4. The maximum absolute atomic E-state index is 12.4. The van der Waals surface area contributed by atoms with Gasteiger partial charge in [0.25, 0.3) is 0 Å². The van der Waals surface area contributed by atoms with Crippen LogP contribution < -0.4 is 0 Å². The van der Waals surface area contributed by atoms with Gasteiger partial charge in [0.2, 0.25) is 5.78 Å². The second-order valence-corrected chi connectivity index (χ2v) is 6.98. The molecule has 3 rings (SSSR count). The highest BCUT2D eigenvalue weighted by Crippen LogP contribution is 2.30. The van der Waals surface area contributed by atoms with Gasteiger partial charge >= 0.3 is 0 Å². The Kier molecular flexibility index (Phi) is 3.52. The van der Waals surface area contributed by atoms with Crippen LogP contribution in [0.5, 0.6) is 0 Å². The number of thiophene rings is 1. The normalized spacial score (nSPS) is 14.3. The monoisotopic (exact) mass is 368 g/mol. The highest BCUT2D eigenvalue weighted by molar-refractivity contribution is 14.1. The van der Waals surface area contributed by atoms with Gasteiger partial charge in [0.15, 0.2) is 0 Å². The predicted octanol–water partition coefficient (Wildman–Crippen LogP) is 4.46. The zero-order valence-electron chi connectivity index (χ0n) is 9.91. The zero-order valence-corrected chi connectivity index (χ0v) is 12.9. The first-order valence-corrected chi connectivity index (χ1v) is 8.05. The molecule has 1 nitrogen and oxygen atoms in total. The summed E-state index contributed by atoms with van der Waals surface area (Å²) in [5, 5.41) is 0. The average Bonchev–Trinajstić information content (AvgIpc) is 2.82. The molecule has 18 heavy (non-hydrogen) atoms. The lowest BCUT2D eigenvalue weighted by Gasteiger charge is -2.08. The van der Waals surface area contributed by atoms with E-state index in [0.29, 0.717) is 0 Å². The zero-order chi connectivity index (χ0) is 12.5. The highest BCUT2D eigenvalue weighted by atomic mass is 127. The van der Waals surface area contributed by atoms with Gasteiger partial charge in [0.05, 0.1) is 4.88 Å². The van der Waals surface area contributed by atoms with Crippen molar-refractivity contribution in [2.45, 2.75) is 25.7 Å². The summed E-state index contributed by atoms with van der Waals surface area (Å²) >= 11 is 3.95. The lowest BCUT2D eigenvalue weighted by Crippen LogP contribution is -1.98. The molecule has 1 aliphatic carbocycles. The first-order valence-electron chi connectivity index (χ1n) is 6.16. The van der Waals surface area contributed by atoms with Crippen molar-refractivity contribution in [3.8, 4) is 0 Å². The number of hydrogen-bond acceptors (Lipinski definition) is 2. The van der Waals surface area contributed by atoms with E-state index in [1.54, 1.807) is 11.3 Å². The van der Waals surface area contributed by atoms with Gasteiger partial charge < -0.3 is 0 Å². The summed E-state index contributed by atoms with van der Waals surface area (Å²) in [7, 11) is 0. The van der Waals surface area contributed by atoms with Gasteiger partial charge in [-0.15, -0.1) is 11.3 Å². The van der Waals surface area contributed by atoms with E-state index in [-0.39, 0.29) is 5.78 Å². The molecule has 0 spiro atoms. The molecule has 1 aromatic heterocycles. The van der Waals surface area contributed by atoms with Crippen LogP contribution in [-0.4, -0.2) is 5.78 Å². The van der Waals surface area contributed by atoms with Crippen molar-refractivity contribution in [1.29, 1.82) is 0 Å². The van der Waals surface area contributed by atoms with Gasteiger partial charge in [-0.2, -0.15) is 0 Å². The van der Waals surface area contributed by atoms with Gasteiger partial charge in [-0.05, 0) is 84.2 Å². The molecule has 0 N–H and O–H groups in total. The van der Waals surface area contributed by atoms with Crippen LogP contribution in [0.1, 0.15) is 38.5 Å². The van der Waals surface area contributed by atoms with Crippen molar-refractivity contribution in [3.63, 3.8) is 0 Å². The number of aryl methyl sites for hydroxylation is 2. The smallest absolute Gasteiger partial charge is 0.202 e. The number of fused-ring (bicyclic) bond motifs is 1. The molecule has 0 saturated carbocycles. The van der Waals surface area contributed by atoms with E-state index in [1.165, 1.54) is 23.3 Å². The van der Waals surface area contributed by atoms with Crippen LogP contribution in [-0.2, 0) is 12.8 Å². The van der Waals surface area contributed by atoms with Crippen molar-refractivity contribution < 1.29 is 4.79 Å². The van der Waals surface area contributed by atoms with E-state index in [9.17, 15) is 4.79 Å². The summed E-state index contributed by atoms with van der Waals surface area (Å²) in [6.07, 6.45) is 4.83. The van der Waals surface area contributed by atoms with E-state index in [0.717, 1.165) is 26.9 Å². The lowest BCUT2D eigenvalue weighted by molar-refractivity contribution is 0.104. The average molecular weight is 368 g/mol. The number of hydrogen-bond donors (Lipinski definition) is 0. The van der Waals surface area contributed by atoms with Crippen molar-refractivity contribution in [2.24, 2.45) is 0 Å². The van der Waals surface area contributed by atoms with Crippen molar-refractivity contribution in [3.05, 3.63) is 54.8 Å². The third kappa shape index (κ3) is 2.38. The fourth-order valence-electron chi connectivity index (χ4n) is 2.35. The highest BCUT2D eigenvalue weighted by Gasteiger charge is 2.18. The Balaban J connectivity index is 1.92. The molecule has 92 valence electrons. The molecule has 0 atom stereocenters. The van der Waals surface area contributed by atoms with Gasteiger partial charge in [-0.3, -0.25) is 4.79 Å². The van der Waals surface area contributed by atoms with E-state index >= 15 is 0 Å². The topological polar surface area (TPSA) is 17.1 Å². The Morgan fingerprint density at radius 1 is 1.11 bits per heavy atom. The van der Waals surface area contributed by atoms with E-state index in [4.69, 9.17) is 0 Å². The molecule has 1 aliphatic rings. The lowest BCUT2D eigenvalue weighted by atomic mass is 9.98. The van der Waals surface area contributed by atoms with Crippen molar-refractivity contribution in [2.75, 3.05) is 0 Å². The van der Waals surface area contributed by atoms with Gasteiger partial charge in [-0.25, -0.2) is 0 Å². The van der Waals surface area contributed by atoms with Crippen LogP contribution in [0.3, 0.4) is 0 Å². The van der Waals surface area contributed by atoms with Crippen LogP contribution in [0.4, 0.5) is 0 Å². The van der Waals surface area contributed by atoms with Crippen LogP contribution in [0.2, 0.25) is 0 Å². The minimum atomic E-state index is 0.172. The summed E-state index contributed by atoms with van der Waals surface area (Å²) < 4.78 is 1.16. The summed E-state index contributed by atoms with van der Waals surface area (Å²) in [6.45, 7) is 0. The number of benzene rings is 1. The molecule has 0 radical (unpaired) electrons. The summed E-state index contributed by atoms with van der Waals surface area (Å²) in [4.78, 5) is 14.7. The number of ketones is 1. The largest absolute Gasteiger partial charge is 0.288 e. The molecule has 0 unspecified atom stereocenters. The maximum Gasteiger partial charge on any atom is 0.202 e. The molecular weight excluding hydrogens is 355 g/mol. The summed E-state index contributed by atoms with van der Waals surface area (Å²) in [5.41, 5.74) is 2.20. The Hall–Kier alpha value is -0.680. The number of halogens is 1. The van der Waals surface area contributed by atoms with Gasteiger partial charge in [0.1, 0.15) is 0 Å². The Morgan fingerprint density at radius 3 is 2.56 bits per heavy atom. The number of carbonyl (C=O) groups is 1. The molecule has 1 aromatic carbocycles. The minimum Gasteiger partial charge on any atom is -0.288 e. The van der Waals surface area contributed by atoms with Crippen LogP contribution in [0.25, 0.3) is 0 Å². The molecule has 3 heteroatoms. The fourth-order valence-corrected chi connectivity index (χ4v) is 3.92. The summed E-state index contributed by atoms with van der Waals surface area (Å²) in [5.74, 6) is 0.172. The first kappa shape index (κ1) is 12.4. The molecule has 0 fully saturated rings. The van der Waals surface area contributed by atoms with Gasteiger partial charge in [-0.1, -0.05) is 0 Å². The quantitative estimate of drug-likeness (QED) is 0.565. The summed E-state index contributed by atoms with van der Waals surface area (Å²) in [6, 6.07) is 9.92. The van der Waals surface area contributed by atoms with Crippen LogP contribution >= 0.6 is 33.9 Å². The second-order valence-electron chi connectivity index (χ2n) is 4.60. The minimum absolute atomic E-state index is 0.172. The third-order valence-corrected chi connectivity index (χ3v) is 5.28. The molecular formula is C15H13IOS. The number of rotatable bonds is 2. The van der Waals surface area contributed by atoms with E-state index in [1.807, 2.05) is 24.3 Å². The second kappa shape index (κ2) is 5.13. The molecule has 0 aliphatic heterocycles. The Morgan fingerprint density at radius 2 is 1.83 bits per heavy atom. The molecule has 1 heterocycles. The number of carbonyl (C=O) groups excluding carboxylic acids is 1. The Labute approximate surface area is 124 Å². The molecule has 0 bridgehead atoms. The van der Waals surface area contributed by atoms with Crippen LogP contribution in [0.15, 0.2) is 30.3 Å². The fraction of sp³-hybridized carbons (Fsp3) is 0.267. The predicted molar refractivity (Wildman–Crippen MR) is 83.6 cm³/mol. The standard InChI is InChI=1S/C15H13IOS/c16-12-7-5-10(6-8-12)15(17)14-9-11-3-1-2-4-13(11)18-14/h5-9H,1-4H2. The van der Waals surface area contributed by atoms with E-state index < -0.39 is 0 Å². The first-order chi connectivity index (χ1) is 8.74. The molecule has 2 aromatic rings. The van der Waals surface area contributed by atoms with Crippen molar-refractivity contribution >= 4 is 39.7 Å². The van der Waals surface area contributed by atoms with Gasteiger partial charge in [0, 0.05) is 14.0 Å². The van der Waals surface area contributed by atoms with Crippen molar-refractivity contribution in [1.82, 2.24) is 0 Å². The van der Waals surface area contributed by atoms with Crippen LogP contribution in [0, 0.1) is 3.57 Å². The van der Waals surface area contributed by atoms with E-state index in [2.05, 4.69) is 28.7 Å². The molecule has 0 amide bonds.